The highest BCUT2D eigenvalue weighted by Crippen LogP contribution is 2.37. The Labute approximate surface area is 134 Å². The number of esters is 1. The summed E-state index contributed by atoms with van der Waals surface area (Å²) in [5.41, 5.74) is 0.784. The average Bonchev–Trinajstić information content (AvgIpc) is 2.94. The van der Waals surface area contributed by atoms with Crippen LogP contribution in [0.5, 0.6) is 17.2 Å². The molecule has 1 fully saturated rings. The quantitative estimate of drug-likeness (QED) is 0.616. The third-order valence-corrected chi connectivity index (χ3v) is 4.03. The summed E-state index contributed by atoms with van der Waals surface area (Å²) >= 11 is 0. The molecule has 0 spiro atoms. The maximum atomic E-state index is 11.9. The van der Waals surface area contributed by atoms with Gasteiger partial charge in [0.15, 0.2) is 0 Å². The van der Waals surface area contributed by atoms with E-state index in [9.17, 15) is 9.59 Å². The summed E-state index contributed by atoms with van der Waals surface area (Å²) in [7, 11) is 5.93. The predicted octanol–water partition coefficient (Wildman–Crippen LogP) is 0.790. The molecule has 0 radical (unpaired) electrons. The minimum atomic E-state index is -0.823. The first-order chi connectivity index (χ1) is 11.0. The maximum Gasteiger partial charge on any atom is 0.318 e. The third kappa shape index (κ3) is 3.33. The van der Waals surface area contributed by atoms with Gasteiger partial charge in [0.2, 0.25) is 5.91 Å². The van der Waals surface area contributed by atoms with Crippen molar-refractivity contribution >= 4 is 11.9 Å². The Morgan fingerprint density at radius 2 is 1.74 bits per heavy atom. The molecule has 1 heterocycles. The molecule has 1 amide bonds. The highest BCUT2D eigenvalue weighted by atomic mass is 16.5. The van der Waals surface area contributed by atoms with E-state index in [-0.39, 0.29) is 11.8 Å². The van der Waals surface area contributed by atoms with Crippen molar-refractivity contribution in [3.8, 4) is 17.2 Å². The Kier molecular flexibility index (Phi) is 5.31. The first-order valence-electron chi connectivity index (χ1n) is 7.20. The molecule has 2 rings (SSSR count). The molecule has 0 aromatic heterocycles. The Balaban J connectivity index is 2.35. The van der Waals surface area contributed by atoms with Crippen molar-refractivity contribution in [1.82, 2.24) is 5.32 Å². The van der Waals surface area contributed by atoms with E-state index in [1.165, 1.54) is 7.11 Å². The predicted molar refractivity (Wildman–Crippen MR) is 81.8 cm³/mol. The minimum Gasteiger partial charge on any atom is -0.496 e. The van der Waals surface area contributed by atoms with Gasteiger partial charge in [-0.25, -0.2) is 0 Å². The van der Waals surface area contributed by atoms with Crippen molar-refractivity contribution in [3.63, 3.8) is 0 Å². The van der Waals surface area contributed by atoms with Crippen LogP contribution in [0.2, 0.25) is 0 Å². The zero-order valence-corrected chi connectivity index (χ0v) is 13.7. The molecule has 1 aliphatic rings. The fourth-order valence-corrected chi connectivity index (χ4v) is 2.83. The lowest BCUT2D eigenvalue weighted by atomic mass is 9.88. The van der Waals surface area contributed by atoms with Crippen molar-refractivity contribution in [3.05, 3.63) is 17.7 Å². The number of hydrogen-bond acceptors (Lipinski definition) is 6. The Morgan fingerprint density at radius 3 is 2.22 bits per heavy atom. The summed E-state index contributed by atoms with van der Waals surface area (Å²) < 4.78 is 20.8. The second kappa shape index (κ2) is 7.21. The van der Waals surface area contributed by atoms with Gasteiger partial charge in [-0.2, -0.15) is 0 Å². The van der Waals surface area contributed by atoms with Crippen LogP contribution >= 0.6 is 0 Å². The van der Waals surface area contributed by atoms with Gasteiger partial charge in [-0.1, -0.05) is 0 Å². The summed E-state index contributed by atoms with van der Waals surface area (Å²) in [6, 6.07) is 3.49. The Hall–Kier alpha value is -2.44. The van der Waals surface area contributed by atoms with Gasteiger partial charge in [-0.15, -0.1) is 0 Å². The number of methoxy groups -OCH3 is 4. The summed E-state index contributed by atoms with van der Waals surface area (Å²) in [6.07, 6.45) is 0.439. The van der Waals surface area contributed by atoms with Crippen molar-refractivity contribution < 1.29 is 28.5 Å². The molecule has 1 saturated heterocycles. The average molecular weight is 323 g/mol. The van der Waals surface area contributed by atoms with Crippen LogP contribution in [0.4, 0.5) is 0 Å². The van der Waals surface area contributed by atoms with Crippen molar-refractivity contribution in [2.24, 2.45) is 11.8 Å². The smallest absolute Gasteiger partial charge is 0.318 e. The first kappa shape index (κ1) is 16.9. The molecule has 0 saturated carbocycles. The summed E-state index contributed by atoms with van der Waals surface area (Å²) in [4.78, 5) is 23.8. The fourth-order valence-electron chi connectivity index (χ4n) is 2.83. The van der Waals surface area contributed by atoms with E-state index < -0.39 is 11.9 Å². The molecular formula is C16H21NO6. The van der Waals surface area contributed by atoms with Crippen molar-refractivity contribution in [1.29, 1.82) is 0 Å². The zero-order chi connectivity index (χ0) is 17.0. The molecule has 1 N–H and O–H groups in total. The van der Waals surface area contributed by atoms with Crippen LogP contribution in [-0.2, 0) is 20.7 Å². The normalized spacial score (nSPS) is 19.9. The van der Waals surface area contributed by atoms with Crippen LogP contribution in [-0.4, -0.2) is 46.9 Å². The number of benzene rings is 1. The van der Waals surface area contributed by atoms with E-state index in [2.05, 4.69) is 5.32 Å². The molecule has 1 aromatic carbocycles. The van der Waals surface area contributed by atoms with Crippen LogP contribution in [0, 0.1) is 11.8 Å². The Morgan fingerprint density at radius 1 is 1.13 bits per heavy atom. The van der Waals surface area contributed by atoms with Crippen LogP contribution in [0.3, 0.4) is 0 Å². The molecule has 1 aromatic rings. The molecule has 0 aliphatic carbocycles. The van der Waals surface area contributed by atoms with E-state index in [1.807, 2.05) is 0 Å². The summed E-state index contributed by atoms with van der Waals surface area (Å²) in [5.74, 6) is -0.117. The van der Waals surface area contributed by atoms with E-state index in [0.29, 0.717) is 30.2 Å². The van der Waals surface area contributed by atoms with Gasteiger partial charge in [0, 0.05) is 30.2 Å². The van der Waals surface area contributed by atoms with Gasteiger partial charge in [-0.05, 0) is 6.42 Å². The molecule has 0 unspecified atom stereocenters. The van der Waals surface area contributed by atoms with E-state index in [1.54, 1.807) is 33.5 Å². The Bertz CT molecular complexity index is 575. The first-order valence-corrected chi connectivity index (χ1v) is 7.20. The third-order valence-electron chi connectivity index (χ3n) is 4.03. The van der Waals surface area contributed by atoms with Crippen LogP contribution in [0.15, 0.2) is 12.1 Å². The van der Waals surface area contributed by atoms with Gasteiger partial charge < -0.3 is 24.3 Å². The molecule has 23 heavy (non-hydrogen) atoms. The van der Waals surface area contributed by atoms with Crippen molar-refractivity contribution in [2.45, 2.75) is 6.42 Å². The molecule has 7 heteroatoms. The highest BCUT2D eigenvalue weighted by molar-refractivity contribution is 5.99. The van der Waals surface area contributed by atoms with Crippen LogP contribution < -0.4 is 19.5 Å². The molecule has 0 bridgehead atoms. The second-order valence-corrected chi connectivity index (χ2v) is 5.22. The lowest BCUT2D eigenvalue weighted by Gasteiger charge is -2.19. The van der Waals surface area contributed by atoms with Gasteiger partial charge in [-0.3, -0.25) is 9.59 Å². The standard InChI is InChI=1S/C16H21NO6/c1-20-10-6-12(21-2)11(13(7-10)22-3)5-9-8-17-15(18)14(9)16(19)23-4/h6-7,9,14H,5,8H2,1-4H3,(H,17,18)/t9-,14+/m0/s1. The number of ether oxygens (including phenoxy) is 4. The SMILES string of the molecule is COC(=O)[C@H]1C(=O)NC[C@@H]1Cc1c(OC)cc(OC)cc1OC. The van der Waals surface area contributed by atoms with E-state index in [4.69, 9.17) is 18.9 Å². The topological polar surface area (TPSA) is 83.1 Å². The number of carbonyl (C=O) groups is 2. The van der Waals surface area contributed by atoms with Gasteiger partial charge >= 0.3 is 5.97 Å². The number of rotatable bonds is 6. The van der Waals surface area contributed by atoms with E-state index in [0.717, 1.165) is 5.56 Å². The molecular weight excluding hydrogens is 302 g/mol. The fraction of sp³-hybridized carbons (Fsp3) is 0.500. The van der Waals surface area contributed by atoms with Gasteiger partial charge in [0.1, 0.15) is 23.2 Å². The van der Waals surface area contributed by atoms with Gasteiger partial charge in [0.05, 0.1) is 28.4 Å². The number of hydrogen-bond donors (Lipinski definition) is 1. The lowest BCUT2D eigenvalue weighted by molar-refractivity contribution is -0.150. The van der Waals surface area contributed by atoms with Crippen molar-refractivity contribution in [2.75, 3.05) is 35.0 Å². The summed E-state index contributed by atoms with van der Waals surface area (Å²) in [6.45, 7) is 0.400. The number of carbonyl (C=O) groups excluding carboxylic acids is 2. The minimum absolute atomic E-state index is 0.230. The van der Waals surface area contributed by atoms with Crippen LogP contribution in [0.25, 0.3) is 0 Å². The largest absolute Gasteiger partial charge is 0.496 e. The second-order valence-electron chi connectivity index (χ2n) is 5.22. The number of amides is 1. The molecule has 2 atom stereocenters. The number of nitrogens with one attached hydrogen (secondary N) is 1. The highest BCUT2D eigenvalue weighted by Gasteiger charge is 2.41. The molecule has 126 valence electrons. The lowest BCUT2D eigenvalue weighted by Crippen LogP contribution is -2.29. The van der Waals surface area contributed by atoms with Crippen LogP contribution in [0.1, 0.15) is 5.56 Å². The molecule has 1 aliphatic heterocycles. The van der Waals surface area contributed by atoms with E-state index >= 15 is 0 Å². The zero-order valence-electron chi connectivity index (χ0n) is 13.7. The van der Waals surface area contributed by atoms with Gasteiger partial charge in [0.25, 0.3) is 0 Å². The maximum absolute atomic E-state index is 11.9. The molecule has 7 nitrogen and oxygen atoms in total. The monoisotopic (exact) mass is 323 g/mol. The summed E-state index contributed by atoms with van der Waals surface area (Å²) in [5, 5.41) is 2.71.